The van der Waals surface area contributed by atoms with Crippen molar-refractivity contribution in [2.45, 2.75) is 199 Å². The Bertz CT molecular complexity index is 1390. The summed E-state index contributed by atoms with van der Waals surface area (Å²) in [5.74, 6) is 0.00246. The molecule has 0 bridgehead atoms. The van der Waals surface area contributed by atoms with Crippen LogP contribution >= 0.6 is 0 Å². The van der Waals surface area contributed by atoms with Crippen LogP contribution in [-0.4, -0.2) is 138 Å². The van der Waals surface area contributed by atoms with E-state index >= 15 is 0 Å². The zero-order valence-corrected chi connectivity index (χ0v) is 34.4. The molecule has 6 aliphatic rings. The average Bonchev–Trinajstić information content (AvgIpc) is 3.47. The smallest absolute Gasteiger partial charge is 0.187 e. The minimum absolute atomic E-state index is 0.0124. The van der Waals surface area contributed by atoms with Gasteiger partial charge in [-0.2, -0.15) is 0 Å². The van der Waals surface area contributed by atoms with Crippen molar-refractivity contribution < 1.29 is 64.9 Å². The fourth-order valence-corrected chi connectivity index (χ4v) is 13.1. The summed E-state index contributed by atoms with van der Waals surface area (Å²) in [7, 11) is 0. The first kappa shape index (κ1) is 43.8. The van der Waals surface area contributed by atoms with Gasteiger partial charge >= 0.3 is 0 Å². The van der Waals surface area contributed by atoms with Crippen molar-refractivity contribution in [1.82, 2.24) is 0 Å². The van der Waals surface area contributed by atoms with Crippen LogP contribution in [0.1, 0.15) is 114 Å². The lowest BCUT2D eigenvalue weighted by Crippen LogP contribution is -2.71. The molecule has 0 aromatic carbocycles. The molecule has 0 unspecified atom stereocenters. The van der Waals surface area contributed by atoms with Crippen molar-refractivity contribution in [2.75, 3.05) is 6.61 Å². The number of hydrogen-bond donors (Lipinski definition) is 9. The van der Waals surface area contributed by atoms with E-state index in [9.17, 15) is 46.0 Å². The van der Waals surface area contributed by atoms with Gasteiger partial charge in [0.05, 0.1) is 36.6 Å². The van der Waals surface area contributed by atoms with Crippen LogP contribution in [0.4, 0.5) is 0 Å². The molecule has 13 heteroatoms. The third-order valence-corrected chi connectivity index (χ3v) is 16.3. The van der Waals surface area contributed by atoms with Gasteiger partial charge in [-0.05, 0) is 124 Å². The van der Waals surface area contributed by atoms with Crippen LogP contribution in [0, 0.1) is 45.3 Å². The topological polar surface area (TPSA) is 219 Å². The molecule has 6 rings (SSSR count). The van der Waals surface area contributed by atoms with E-state index in [1.165, 1.54) is 12.5 Å². The minimum Gasteiger partial charge on any atom is -0.394 e. The Morgan fingerprint density at radius 3 is 2.13 bits per heavy atom. The number of hydrogen-bond acceptors (Lipinski definition) is 13. The summed E-state index contributed by atoms with van der Waals surface area (Å²) in [4.78, 5) is 0. The van der Waals surface area contributed by atoms with Crippen molar-refractivity contribution in [3.8, 4) is 0 Å². The molecular weight excluding hydrogens is 712 g/mol. The summed E-state index contributed by atoms with van der Waals surface area (Å²) in [5.41, 5.74) is -1.22. The average molecular weight is 785 g/mol. The van der Waals surface area contributed by atoms with Gasteiger partial charge in [0.15, 0.2) is 12.6 Å². The number of rotatable bonds is 9. The molecule has 2 saturated heterocycles. The van der Waals surface area contributed by atoms with Crippen molar-refractivity contribution in [2.24, 2.45) is 45.3 Å². The first-order valence-corrected chi connectivity index (χ1v) is 20.8. The second kappa shape index (κ2) is 15.4. The fraction of sp³-hybridized carbons (Fsp3) is 0.952. The Kier molecular flexibility index (Phi) is 12.2. The van der Waals surface area contributed by atoms with E-state index in [2.05, 4.69) is 47.6 Å². The van der Waals surface area contributed by atoms with Crippen LogP contribution in [0.5, 0.6) is 0 Å². The second-order valence-electron chi connectivity index (χ2n) is 20.4. The van der Waals surface area contributed by atoms with Crippen LogP contribution in [-0.2, 0) is 18.9 Å². The number of aliphatic hydroxyl groups excluding tert-OH is 8. The quantitative estimate of drug-likeness (QED) is 0.121. The summed E-state index contributed by atoms with van der Waals surface area (Å²) in [6.45, 7) is 17.7. The van der Waals surface area contributed by atoms with Gasteiger partial charge in [-0.1, -0.05) is 46.3 Å². The largest absolute Gasteiger partial charge is 0.394 e. The lowest BCUT2D eigenvalue weighted by atomic mass is 9.34. The Hall–Kier alpha value is -0.780. The molecule has 6 fully saturated rings. The van der Waals surface area contributed by atoms with Crippen molar-refractivity contribution >= 4 is 0 Å². The van der Waals surface area contributed by atoms with Crippen LogP contribution in [0.15, 0.2) is 11.6 Å². The van der Waals surface area contributed by atoms with Crippen LogP contribution in [0.3, 0.4) is 0 Å². The molecule has 0 aromatic rings. The molecule has 2 aliphatic heterocycles. The van der Waals surface area contributed by atoms with Crippen molar-refractivity contribution in [1.29, 1.82) is 0 Å². The van der Waals surface area contributed by atoms with Gasteiger partial charge in [0, 0.05) is 0 Å². The Labute approximate surface area is 327 Å². The van der Waals surface area contributed by atoms with E-state index < -0.39 is 103 Å². The molecule has 4 aliphatic carbocycles. The summed E-state index contributed by atoms with van der Waals surface area (Å²) < 4.78 is 25.2. The molecule has 20 atom stereocenters. The summed E-state index contributed by atoms with van der Waals surface area (Å²) in [5, 5.41) is 98.6. The molecule has 0 aromatic heterocycles. The molecule has 2 heterocycles. The number of fused-ring (bicyclic) bond motifs is 5. The van der Waals surface area contributed by atoms with Crippen LogP contribution in [0.2, 0.25) is 0 Å². The lowest BCUT2D eigenvalue weighted by molar-refractivity contribution is -0.381. The van der Waals surface area contributed by atoms with E-state index in [1.54, 1.807) is 0 Å². The molecule has 4 saturated carbocycles. The van der Waals surface area contributed by atoms with Gasteiger partial charge < -0.3 is 64.9 Å². The van der Waals surface area contributed by atoms with E-state index in [4.69, 9.17) is 18.9 Å². The van der Waals surface area contributed by atoms with Gasteiger partial charge in [0.2, 0.25) is 0 Å². The standard InChI is InChI=1S/C42H72O13/c1-20(11-10-14-38(3,4)51)22-12-16-41(8)28(22)23(44)17-26-40(7)15-13-27(45)39(5,6)35(40)24(18-42(26,41)9)53-37-34(32(49)30(47)25(19-43)54-37)55-36-33(50)31(48)29(46)21(2)52-36/h11,21-37,43-51H,10,12-19H2,1-9H3/b20-11+/t21-,22+,23+,24-,25+,26+,27-,28-,29-,30+,31+,32-,33+,34+,35-,36-,37+,40+,41+,42+/m0/s1. The van der Waals surface area contributed by atoms with Crippen molar-refractivity contribution in [3.63, 3.8) is 0 Å². The normalized spacial score (nSPS) is 53.0. The van der Waals surface area contributed by atoms with E-state index in [0.717, 1.165) is 19.3 Å². The maximum absolute atomic E-state index is 12.2. The highest BCUT2D eigenvalue weighted by Gasteiger charge is 2.73. The van der Waals surface area contributed by atoms with Crippen LogP contribution < -0.4 is 0 Å². The molecule has 13 nitrogen and oxygen atoms in total. The molecule has 0 radical (unpaired) electrons. The monoisotopic (exact) mass is 784 g/mol. The Balaban J connectivity index is 1.37. The Morgan fingerprint density at radius 1 is 0.818 bits per heavy atom. The predicted octanol–water partition coefficient (Wildman–Crippen LogP) is 2.15. The predicted molar refractivity (Wildman–Crippen MR) is 201 cm³/mol. The highest BCUT2D eigenvalue weighted by molar-refractivity contribution is 5.24. The maximum atomic E-state index is 12.2. The van der Waals surface area contributed by atoms with E-state index in [-0.39, 0.29) is 34.5 Å². The first-order chi connectivity index (χ1) is 25.4. The zero-order valence-electron chi connectivity index (χ0n) is 34.4. The maximum Gasteiger partial charge on any atom is 0.187 e. The second-order valence-corrected chi connectivity index (χ2v) is 20.4. The zero-order chi connectivity index (χ0) is 40.8. The van der Waals surface area contributed by atoms with Gasteiger partial charge in [-0.25, -0.2) is 0 Å². The summed E-state index contributed by atoms with van der Waals surface area (Å²) in [6.07, 6.45) is -8.21. The number of ether oxygens (including phenoxy) is 4. The molecular formula is C42H72O13. The molecule has 318 valence electrons. The number of allylic oxidation sites excluding steroid dienone is 2. The van der Waals surface area contributed by atoms with E-state index in [0.29, 0.717) is 32.1 Å². The highest BCUT2D eigenvalue weighted by Crippen LogP contribution is 2.76. The van der Waals surface area contributed by atoms with Gasteiger partial charge in [-0.15, -0.1) is 0 Å². The van der Waals surface area contributed by atoms with Crippen molar-refractivity contribution in [3.05, 3.63) is 11.6 Å². The third-order valence-electron chi connectivity index (χ3n) is 16.3. The number of aliphatic hydroxyl groups is 9. The van der Waals surface area contributed by atoms with E-state index in [1.807, 2.05) is 13.8 Å². The molecule has 0 amide bonds. The SMILES string of the molecule is C/C(=C\CCC(C)(C)O)[C@H]1CC[C@]2(C)[C@@H]1[C@H](O)C[C@@H]1[C@@]3(C)CC[C@H](O)C(C)(C)[C@@H]3[C@@H](O[C@@H]3O[C@H](CO)[C@@H](O)[C@H](O)[C@H]3O[C@@H]3O[C@@H](C)[C@H](O)[C@@H](O)[C@H]3O)C[C@]12C. The molecule has 55 heavy (non-hydrogen) atoms. The first-order valence-electron chi connectivity index (χ1n) is 20.8. The van der Waals surface area contributed by atoms with Crippen LogP contribution in [0.25, 0.3) is 0 Å². The third kappa shape index (κ3) is 7.31. The summed E-state index contributed by atoms with van der Waals surface area (Å²) in [6, 6.07) is 0. The fourth-order valence-electron chi connectivity index (χ4n) is 13.1. The summed E-state index contributed by atoms with van der Waals surface area (Å²) >= 11 is 0. The molecule has 0 spiro atoms. The van der Waals surface area contributed by atoms with Gasteiger partial charge in [-0.3, -0.25) is 0 Å². The minimum atomic E-state index is -1.69. The lowest BCUT2D eigenvalue weighted by Gasteiger charge is -2.72. The Morgan fingerprint density at radius 2 is 1.49 bits per heavy atom. The van der Waals surface area contributed by atoms with Gasteiger partial charge in [0.25, 0.3) is 0 Å². The van der Waals surface area contributed by atoms with Gasteiger partial charge in [0.1, 0.15) is 42.7 Å². The molecule has 9 N–H and O–H groups in total. The highest BCUT2D eigenvalue weighted by atomic mass is 16.8.